The summed E-state index contributed by atoms with van der Waals surface area (Å²) >= 11 is 0. The van der Waals surface area contributed by atoms with Gasteiger partial charge in [0.25, 0.3) is 11.8 Å². The third-order valence-electron chi connectivity index (χ3n) is 5.96. The molecule has 2 aliphatic heterocycles. The Morgan fingerprint density at radius 2 is 1.73 bits per heavy atom. The summed E-state index contributed by atoms with van der Waals surface area (Å²) in [6.07, 6.45) is -0.741. The first kappa shape index (κ1) is 20.8. The molecule has 3 aromatic rings. The molecule has 7 nitrogen and oxygen atoms in total. The fraction of sp³-hybridized carbons (Fsp3) is 0.192. The van der Waals surface area contributed by atoms with Crippen LogP contribution in [0.1, 0.15) is 37.9 Å². The highest BCUT2D eigenvalue weighted by molar-refractivity contribution is 6.08. The molecule has 0 fully saturated rings. The van der Waals surface area contributed by atoms with Gasteiger partial charge in [0.2, 0.25) is 0 Å². The molecule has 0 saturated carbocycles. The molecule has 2 heterocycles. The topological polar surface area (TPSA) is 84.9 Å². The molecule has 0 spiro atoms. The van der Waals surface area contributed by atoms with Gasteiger partial charge in [0.15, 0.2) is 6.10 Å². The lowest BCUT2D eigenvalue weighted by molar-refractivity contribution is -0.127. The predicted molar refractivity (Wildman–Crippen MR) is 121 cm³/mol. The number of esters is 1. The molecule has 0 aliphatic carbocycles. The monoisotopic (exact) mass is 442 g/mol. The number of hydrogen-bond donors (Lipinski definition) is 1. The SMILES string of the molecule is CNC(=O)[C@H]1CN(C(=O)c2ccc3c(c2)C[C@H](c2ccccc2)OC3=O)c2ccccc2O1. The smallest absolute Gasteiger partial charge is 0.339 e. The van der Waals surface area contributed by atoms with E-state index in [0.29, 0.717) is 29.0 Å². The van der Waals surface area contributed by atoms with Crippen LogP contribution in [0.5, 0.6) is 5.75 Å². The van der Waals surface area contributed by atoms with Crippen molar-refractivity contribution in [2.75, 3.05) is 18.5 Å². The van der Waals surface area contributed by atoms with Crippen molar-refractivity contribution in [1.82, 2.24) is 5.32 Å². The van der Waals surface area contributed by atoms with Gasteiger partial charge in [-0.3, -0.25) is 9.59 Å². The molecule has 0 bridgehead atoms. The van der Waals surface area contributed by atoms with Crippen LogP contribution in [0.4, 0.5) is 5.69 Å². The van der Waals surface area contributed by atoms with Crippen LogP contribution < -0.4 is 15.0 Å². The van der Waals surface area contributed by atoms with E-state index < -0.39 is 18.2 Å². The maximum atomic E-state index is 13.6. The van der Waals surface area contributed by atoms with Crippen LogP contribution in [-0.4, -0.2) is 37.5 Å². The van der Waals surface area contributed by atoms with Gasteiger partial charge in [0.05, 0.1) is 17.8 Å². The number of carbonyl (C=O) groups is 3. The van der Waals surface area contributed by atoms with Crippen molar-refractivity contribution >= 4 is 23.5 Å². The summed E-state index contributed by atoms with van der Waals surface area (Å²) < 4.78 is 11.4. The number of nitrogens with zero attached hydrogens (tertiary/aromatic N) is 1. The number of carbonyl (C=O) groups excluding carboxylic acids is 3. The largest absolute Gasteiger partial charge is 0.477 e. The van der Waals surface area contributed by atoms with Gasteiger partial charge < -0.3 is 19.7 Å². The highest BCUT2D eigenvalue weighted by Crippen LogP contribution is 2.35. The number of likely N-dealkylation sites (N-methyl/N-ethyl adjacent to an activating group) is 1. The molecular formula is C26H22N2O5. The van der Waals surface area contributed by atoms with Crippen molar-refractivity contribution in [3.8, 4) is 5.75 Å². The van der Waals surface area contributed by atoms with Crippen molar-refractivity contribution < 1.29 is 23.9 Å². The van der Waals surface area contributed by atoms with E-state index in [2.05, 4.69) is 5.32 Å². The number of rotatable bonds is 3. The number of fused-ring (bicyclic) bond motifs is 2. The fourth-order valence-corrected chi connectivity index (χ4v) is 4.26. The van der Waals surface area contributed by atoms with E-state index in [9.17, 15) is 14.4 Å². The first-order valence-corrected chi connectivity index (χ1v) is 10.7. The van der Waals surface area contributed by atoms with Gasteiger partial charge in [-0.05, 0) is 41.5 Å². The minimum absolute atomic E-state index is 0.0846. The van der Waals surface area contributed by atoms with Crippen LogP contribution in [0.3, 0.4) is 0 Å². The molecule has 2 amide bonds. The molecule has 1 N–H and O–H groups in total. The molecule has 7 heteroatoms. The molecule has 2 aliphatic rings. The molecule has 166 valence electrons. The van der Waals surface area contributed by atoms with Crippen molar-refractivity contribution in [1.29, 1.82) is 0 Å². The lowest BCUT2D eigenvalue weighted by Gasteiger charge is -2.34. The van der Waals surface area contributed by atoms with Gasteiger partial charge in [-0.15, -0.1) is 0 Å². The third-order valence-corrected chi connectivity index (χ3v) is 5.96. The molecule has 0 saturated heterocycles. The van der Waals surface area contributed by atoms with Crippen molar-refractivity contribution in [3.63, 3.8) is 0 Å². The van der Waals surface area contributed by atoms with Crippen LogP contribution in [0.2, 0.25) is 0 Å². The Balaban J connectivity index is 1.47. The Morgan fingerprint density at radius 1 is 0.970 bits per heavy atom. The molecular weight excluding hydrogens is 420 g/mol. The van der Waals surface area contributed by atoms with Crippen LogP contribution in [0.25, 0.3) is 0 Å². The van der Waals surface area contributed by atoms with Gasteiger partial charge >= 0.3 is 5.97 Å². The van der Waals surface area contributed by atoms with Crippen LogP contribution in [0.15, 0.2) is 72.8 Å². The van der Waals surface area contributed by atoms with E-state index in [0.717, 1.165) is 11.1 Å². The van der Waals surface area contributed by atoms with E-state index >= 15 is 0 Å². The second kappa shape index (κ2) is 8.43. The molecule has 0 radical (unpaired) electrons. The second-order valence-electron chi connectivity index (χ2n) is 7.98. The first-order valence-electron chi connectivity index (χ1n) is 10.7. The average Bonchev–Trinajstić information content (AvgIpc) is 2.87. The van der Waals surface area contributed by atoms with Gasteiger partial charge in [-0.1, -0.05) is 42.5 Å². The third kappa shape index (κ3) is 3.82. The number of amides is 2. The second-order valence-corrected chi connectivity index (χ2v) is 7.98. The zero-order valence-electron chi connectivity index (χ0n) is 18.0. The van der Waals surface area contributed by atoms with Crippen LogP contribution in [0, 0.1) is 0 Å². The Bertz CT molecular complexity index is 1240. The minimum atomic E-state index is -0.816. The average molecular weight is 442 g/mol. The number of nitrogens with one attached hydrogen (secondary N) is 1. The summed E-state index contributed by atoms with van der Waals surface area (Å²) in [5.74, 6) is -0.504. The van der Waals surface area contributed by atoms with E-state index in [-0.39, 0.29) is 18.4 Å². The quantitative estimate of drug-likeness (QED) is 0.630. The summed E-state index contributed by atoms with van der Waals surface area (Å²) in [7, 11) is 1.53. The number of anilines is 1. The Labute approximate surface area is 190 Å². The zero-order valence-corrected chi connectivity index (χ0v) is 18.0. The van der Waals surface area contributed by atoms with Gasteiger partial charge in [-0.25, -0.2) is 4.79 Å². The van der Waals surface area contributed by atoms with Crippen molar-refractivity contribution in [3.05, 3.63) is 95.1 Å². The fourth-order valence-electron chi connectivity index (χ4n) is 4.26. The number of benzene rings is 3. The highest BCUT2D eigenvalue weighted by atomic mass is 16.5. The van der Waals surface area contributed by atoms with Crippen LogP contribution >= 0.6 is 0 Å². The Kier molecular flexibility index (Phi) is 5.30. The summed E-state index contributed by atoms with van der Waals surface area (Å²) in [5, 5.41) is 2.58. The molecule has 3 aromatic carbocycles. The molecule has 0 aromatic heterocycles. The van der Waals surface area contributed by atoms with E-state index in [1.165, 1.54) is 7.05 Å². The van der Waals surface area contributed by atoms with E-state index in [1.807, 2.05) is 36.4 Å². The number of para-hydroxylation sites is 2. The van der Waals surface area contributed by atoms with Gasteiger partial charge in [0, 0.05) is 19.0 Å². The molecule has 0 unspecified atom stereocenters. The Hall–Kier alpha value is -4.13. The van der Waals surface area contributed by atoms with Gasteiger partial charge in [0.1, 0.15) is 11.9 Å². The predicted octanol–water partition coefficient (Wildman–Crippen LogP) is 3.29. The summed E-state index contributed by atoms with van der Waals surface area (Å²) in [5.41, 5.74) is 3.16. The molecule has 33 heavy (non-hydrogen) atoms. The molecule has 2 atom stereocenters. The van der Waals surface area contributed by atoms with E-state index in [1.54, 1.807) is 41.3 Å². The number of cyclic esters (lactones) is 1. The highest BCUT2D eigenvalue weighted by Gasteiger charge is 2.35. The maximum absolute atomic E-state index is 13.6. The summed E-state index contributed by atoms with van der Waals surface area (Å²) in [6, 6.07) is 21.7. The number of hydrogen-bond acceptors (Lipinski definition) is 5. The standard InChI is InChI=1S/C26H22N2O5/c1-27-24(29)23-15-28(20-9-5-6-10-21(20)32-23)25(30)17-11-12-19-18(13-17)14-22(33-26(19)31)16-7-3-2-4-8-16/h2-13,22-23H,14-15H2,1H3,(H,27,29)/t22-,23-/m1/s1. The van der Waals surface area contributed by atoms with Crippen LogP contribution in [-0.2, 0) is 16.0 Å². The lowest BCUT2D eigenvalue weighted by Crippen LogP contribution is -2.50. The lowest BCUT2D eigenvalue weighted by atomic mass is 9.93. The normalized spacial score (nSPS) is 18.9. The maximum Gasteiger partial charge on any atom is 0.339 e. The van der Waals surface area contributed by atoms with Gasteiger partial charge in [-0.2, -0.15) is 0 Å². The zero-order chi connectivity index (χ0) is 22.9. The Morgan fingerprint density at radius 3 is 2.52 bits per heavy atom. The van der Waals surface area contributed by atoms with Crippen molar-refractivity contribution in [2.45, 2.75) is 18.6 Å². The molecule has 5 rings (SSSR count). The van der Waals surface area contributed by atoms with E-state index in [4.69, 9.17) is 9.47 Å². The summed E-state index contributed by atoms with van der Waals surface area (Å²) in [4.78, 5) is 40.0. The first-order chi connectivity index (χ1) is 16.0. The number of ether oxygens (including phenoxy) is 2. The minimum Gasteiger partial charge on any atom is -0.477 e. The summed E-state index contributed by atoms with van der Waals surface area (Å²) in [6.45, 7) is 0.0846. The van der Waals surface area contributed by atoms with Crippen molar-refractivity contribution in [2.24, 2.45) is 0 Å².